The topological polar surface area (TPSA) is 26.8 Å². The van der Waals surface area contributed by atoms with E-state index in [1.165, 1.54) is 0 Å². The monoisotopic (exact) mass is 241 g/mol. The third-order valence-corrected chi connectivity index (χ3v) is 3.58. The van der Waals surface area contributed by atoms with E-state index in [1.54, 1.807) is 0 Å². The third kappa shape index (κ3) is 3.60. The Bertz CT molecular complexity index is 262. The fourth-order valence-electron chi connectivity index (χ4n) is 2.01. The lowest BCUT2D eigenvalue weighted by atomic mass is 10.1. The summed E-state index contributed by atoms with van der Waals surface area (Å²) in [6.45, 7) is 14.4. The predicted octanol–water partition coefficient (Wildman–Crippen LogP) is 1.86. The summed E-state index contributed by atoms with van der Waals surface area (Å²) >= 11 is 0. The summed E-state index contributed by atoms with van der Waals surface area (Å²) in [5.41, 5.74) is 0.207. The average molecular weight is 241 g/mol. The van der Waals surface area contributed by atoms with Gasteiger partial charge in [-0.1, -0.05) is 0 Å². The fraction of sp³-hybridized carbons (Fsp3) is 0.923. The Kier molecular flexibility index (Phi) is 4.42. The molecule has 100 valence electrons. The number of rotatable bonds is 1. The van der Waals surface area contributed by atoms with E-state index >= 15 is 0 Å². The Morgan fingerprint density at radius 3 is 1.94 bits per heavy atom. The van der Waals surface area contributed by atoms with E-state index < -0.39 is 0 Å². The van der Waals surface area contributed by atoms with Gasteiger partial charge in [0.15, 0.2) is 0 Å². The minimum atomic E-state index is 0.161. The molecule has 0 N–H and O–H groups in total. The normalized spacial score (nSPS) is 18.6. The molecule has 1 heterocycles. The van der Waals surface area contributed by atoms with Crippen molar-refractivity contribution in [1.29, 1.82) is 0 Å². The van der Waals surface area contributed by atoms with Gasteiger partial charge in [0.05, 0.1) is 0 Å². The second kappa shape index (κ2) is 5.25. The summed E-state index contributed by atoms with van der Waals surface area (Å²) in [6.07, 6.45) is 0. The van der Waals surface area contributed by atoms with Crippen molar-refractivity contribution in [2.45, 2.75) is 46.2 Å². The Labute approximate surface area is 106 Å². The second-order valence-corrected chi connectivity index (χ2v) is 6.13. The molecule has 0 radical (unpaired) electrons. The molecule has 0 spiro atoms. The number of hydrogen-bond acceptors (Lipinski definition) is 2. The molecule has 0 bridgehead atoms. The van der Waals surface area contributed by atoms with Gasteiger partial charge >= 0.3 is 6.03 Å². The van der Waals surface area contributed by atoms with Crippen LogP contribution in [0, 0.1) is 0 Å². The van der Waals surface area contributed by atoms with Gasteiger partial charge in [-0.05, 0) is 34.6 Å². The molecular weight excluding hydrogens is 214 g/mol. The summed E-state index contributed by atoms with van der Waals surface area (Å²) in [6, 6.07) is 0.428. The largest absolute Gasteiger partial charge is 0.325 e. The summed E-state index contributed by atoms with van der Waals surface area (Å²) in [7, 11) is 1.88. The van der Waals surface area contributed by atoms with Crippen LogP contribution in [0.3, 0.4) is 0 Å². The first-order chi connectivity index (χ1) is 7.73. The third-order valence-electron chi connectivity index (χ3n) is 3.58. The SMILES string of the molecule is CC(C)N(C)C(=O)N1CCN(C(C)(C)C)CC1. The van der Waals surface area contributed by atoms with Crippen LogP contribution in [0.25, 0.3) is 0 Å². The highest BCUT2D eigenvalue weighted by molar-refractivity contribution is 5.74. The fourth-order valence-corrected chi connectivity index (χ4v) is 2.01. The van der Waals surface area contributed by atoms with Crippen molar-refractivity contribution in [2.75, 3.05) is 33.2 Å². The number of nitrogens with zero attached hydrogens (tertiary/aromatic N) is 3. The van der Waals surface area contributed by atoms with E-state index in [9.17, 15) is 4.79 Å². The van der Waals surface area contributed by atoms with Crippen LogP contribution in [0.1, 0.15) is 34.6 Å². The summed E-state index contributed by atoms with van der Waals surface area (Å²) in [4.78, 5) is 18.3. The first-order valence-corrected chi connectivity index (χ1v) is 6.50. The van der Waals surface area contributed by atoms with E-state index in [4.69, 9.17) is 0 Å². The molecule has 1 rings (SSSR count). The molecule has 1 saturated heterocycles. The van der Waals surface area contributed by atoms with Crippen LogP contribution in [0.5, 0.6) is 0 Å². The highest BCUT2D eigenvalue weighted by atomic mass is 16.2. The second-order valence-electron chi connectivity index (χ2n) is 6.13. The molecule has 0 aromatic rings. The minimum Gasteiger partial charge on any atom is -0.325 e. The van der Waals surface area contributed by atoms with Gasteiger partial charge in [-0.3, -0.25) is 4.90 Å². The maximum absolute atomic E-state index is 12.1. The van der Waals surface area contributed by atoms with Crippen LogP contribution in [0.4, 0.5) is 4.79 Å². The van der Waals surface area contributed by atoms with Crippen molar-refractivity contribution in [2.24, 2.45) is 0 Å². The Balaban J connectivity index is 2.50. The van der Waals surface area contributed by atoms with Crippen molar-refractivity contribution in [3.05, 3.63) is 0 Å². The molecule has 0 aromatic carbocycles. The molecular formula is C13H27N3O. The van der Waals surface area contributed by atoms with Gasteiger partial charge in [0, 0.05) is 44.8 Å². The number of piperazine rings is 1. The number of carbonyl (C=O) groups excluding carboxylic acids is 1. The Morgan fingerprint density at radius 2 is 1.59 bits per heavy atom. The van der Waals surface area contributed by atoms with Crippen molar-refractivity contribution in [3.8, 4) is 0 Å². The lowest BCUT2D eigenvalue weighted by Gasteiger charge is -2.43. The van der Waals surface area contributed by atoms with Crippen LogP contribution in [-0.2, 0) is 0 Å². The van der Waals surface area contributed by atoms with Gasteiger partial charge in [-0.2, -0.15) is 0 Å². The number of urea groups is 1. The zero-order valence-corrected chi connectivity index (χ0v) is 12.2. The van der Waals surface area contributed by atoms with Gasteiger partial charge in [-0.15, -0.1) is 0 Å². The standard InChI is InChI=1S/C13H27N3O/c1-11(2)14(6)12(17)15-7-9-16(10-8-15)13(3,4)5/h11H,7-10H2,1-6H3. The lowest BCUT2D eigenvalue weighted by Crippen LogP contribution is -2.57. The number of amides is 2. The summed E-state index contributed by atoms with van der Waals surface area (Å²) in [5, 5.41) is 0. The molecule has 1 aliphatic rings. The molecule has 0 atom stereocenters. The Morgan fingerprint density at radius 1 is 1.12 bits per heavy atom. The van der Waals surface area contributed by atoms with Crippen molar-refractivity contribution in [3.63, 3.8) is 0 Å². The molecule has 2 amide bonds. The van der Waals surface area contributed by atoms with Gasteiger partial charge in [0.2, 0.25) is 0 Å². The molecule has 0 saturated carbocycles. The molecule has 1 aliphatic heterocycles. The molecule has 4 heteroatoms. The van der Waals surface area contributed by atoms with E-state index in [0.717, 1.165) is 26.2 Å². The molecule has 0 aromatic heterocycles. The zero-order valence-electron chi connectivity index (χ0n) is 12.2. The van der Waals surface area contributed by atoms with E-state index in [1.807, 2.05) is 30.7 Å². The maximum atomic E-state index is 12.1. The maximum Gasteiger partial charge on any atom is 0.320 e. The van der Waals surface area contributed by atoms with Crippen LogP contribution >= 0.6 is 0 Å². The van der Waals surface area contributed by atoms with Crippen LogP contribution in [0.2, 0.25) is 0 Å². The number of carbonyl (C=O) groups is 1. The van der Waals surface area contributed by atoms with Gasteiger partial charge < -0.3 is 9.80 Å². The lowest BCUT2D eigenvalue weighted by molar-refractivity contribution is 0.0638. The Hall–Kier alpha value is -0.770. The van der Waals surface area contributed by atoms with Gasteiger partial charge in [0.25, 0.3) is 0 Å². The molecule has 17 heavy (non-hydrogen) atoms. The smallest absolute Gasteiger partial charge is 0.320 e. The summed E-state index contributed by atoms with van der Waals surface area (Å²) < 4.78 is 0. The first-order valence-electron chi connectivity index (χ1n) is 6.50. The highest BCUT2D eigenvalue weighted by Gasteiger charge is 2.29. The van der Waals surface area contributed by atoms with Gasteiger partial charge in [0.1, 0.15) is 0 Å². The van der Waals surface area contributed by atoms with E-state index in [0.29, 0.717) is 0 Å². The van der Waals surface area contributed by atoms with Crippen molar-refractivity contribution < 1.29 is 4.79 Å². The first kappa shape index (κ1) is 14.3. The predicted molar refractivity (Wildman–Crippen MR) is 71.2 cm³/mol. The van der Waals surface area contributed by atoms with Crippen LogP contribution in [-0.4, -0.2) is 65.5 Å². The van der Waals surface area contributed by atoms with Crippen molar-refractivity contribution >= 4 is 6.03 Å². The number of hydrogen-bond donors (Lipinski definition) is 0. The van der Waals surface area contributed by atoms with Crippen LogP contribution in [0.15, 0.2) is 0 Å². The van der Waals surface area contributed by atoms with E-state index in [-0.39, 0.29) is 17.6 Å². The zero-order chi connectivity index (χ0) is 13.2. The van der Waals surface area contributed by atoms with Gasteiger partial charge in [-0.25, -0.2) is 4.79 Å². The average Bonchev–Trinajstić information content (AvgIpc) is 2.26. The molecule has 1 fully saturated rings. The molecule has 4 nitrogen and oxygen atoms in total. The van der Waals surface area contributed by atoms with E-state index in [2.05, 4.69) is 25.7 Å². The van der Waals surface area contributed by atoms with Crippen molar-refractivity contribution in [1.82, 2.24) is 14.7 Å². The summed E-state index contributed by atoms with van der Waals surface area (Å²) in [5.74, 6) is 0. The molecule has 0 aliphatic carbocycles. The molecule has 0 unspecified atom stereocenters. The van der Waals surface area contributed by atoms with Crippen LogP contribution < -0.4 is 0 Å². The minimum absolute atomic E-state index is 0.161. The highest BCUT2D eigenvalue weighted by Crippen LogP contribution is 2.16. The quantitative estimate of drug-likeness (QED) is 0.700.